The standard InChI is InChI=1S/C17H19N3O3/c1-22-16-5-3-2-4-14(16)19-13-6-7-18-15(12-13)17(21)20-8-10-23-11-9-20/h2-7,12H,8-11H2,1H3,(H,18,19). The molecule has 0 radical (unpaired) electrons. The van der Waals surface area contributed by atoms with Crippen LogP contribution in [0.25, 0.3) is 0 Å². The molecule has 1 aliphatic rings. The molecule has 1 fully saturated rings. The molecule has 2 heterocycles. The zero-order valence-electron chi connectivity index (χ0n) is 13.0. The third-order valence-corrected chi connectivity index (χ3v) is 3.66. The van der Waals surface area contributed by atoms with Crippen molar-refractivity contribution in [3.63, 3.8) is 0 Å². The number of hydrogen-bond acceptors (Lipinski definition) is 5. The highest BCUT2D eigenvalue weighted by Gasteiger charge is 2.19. The van der Waals surface area contributed by atoms with Crippen LogP contribution in [-0.2, 0) is 4.74 Å². The molecule has 1 saturated heterocycles. The number of rotatable bonds is 4. The van der Waals surface area contributed by atoms with Gasteiger partial charge >= 0.3 is 0 Å². The summed E-state index contributed by atoms with van der Waals surface area (Å²) in [6.07, 6.45) is 1.63. The summed E-state index contributed by atoms with van der Waals surface area (Å²) in [6, 6.07) is 11.2. The molecule has 0 unspecified atom stereocenters. The average molecular weight is 313 g/mol. The molecule has 3 rings (SSSR count). The number of ether oxygens (including phenoxy) is 2. The van der Waals surface area contributed by atoms with Gasteiger partial charge in [-0.3, -0.25) is 9.78 Å². The van der Waals surface area contributed by atoms with Crippen molar-refractivity contribution in [2.24, 2.45) is 0 Å². The predicted octanol–water partition coefficient (Wildman–Crippen LogP) is 2.31. The van der Waals surface area contributed by atoms with E-state index in [9.17, 15) is 4.79 Å². The first kappa shape index (κ1) is 15.3. The minimum absolute atomic E-state index is 0.0722. The smallest absolute Gasteiger partial charge is 0.272 e. The van der Waals surface area contributed by atoms with Gasteiger partial charge in [0, 0.05) is 25.0 Å². The number of carbonyl (C=O) groups excluding carboxylic acids is 1. The molecule has 0 saturated carbocycles. The van der Waals surface area contributed by atoms with Gasteiger partial charge in [0.15, 0.2) is 0 Å². The topological polar surface area (TPSA) is 63.7 Å². The van der Waals surface area contributed by atoms with Crippen molar-refractivity contribution in [2.75, 3.05) is 38.7 Å². The number of nitrogens with one attached hydrogen (secondary N) is 1. The van der Waals surface area contributed by atoms with Gasteiger partial charge < -0.3 is 19.7 Å². The van der Waals surface area contributed by atoms with Crippen LogP contribution in [-0.4, -0.2) is 49.2 Å². The van der Waals surface area contributed by atoms with Crippen LogP contribution >= 0.6 is 0 Å². The summed E-state index contributed by atoms with van der Waals surface area (Å²) in [5.74, 6) is 0.669. The lowest BCUT2D eigenvalue weighted by Gasteiger charge is -2.26. The van der Waals surface area contributed by atoms with Crippen molar-refractivity contribution in [1.82, 2.24) is 9.88 Å². The first-order valence-corrected chi connectivity index (χ1v) is 7.51. The van der Waals surface area contributed by atoms with Gasteiger partial charge in [-0.05, 0) is 24.3 Å². The fourth-order valence-corrected chi connectivity index (χ4v) is 2.46. The van der Waals surface area contributed by atoms with E-state index in [1.165, 1.54) is 0 Å². The van der Waals surface area contributed by atoms with Gasteiger partial charge in [0.1, 0.15) is 11.4 Å². The van der Waals surface area contributed by atoms with Crippen LogP contribution in [0.4, 0.5) is 11.4 Å². The zero-order chi connectivity index (χ0) is 16.1. The number of methoxy groups -OCH3 is 1. The second-order valence-electron chi connectivity index (χ2n) is 5.16. The van der Waals surface area contributed by atoms with Gasteiger partial charge in [0.2, 0.25) is 0 Å². The first-order chi connectivity index (χ1) is 11.3. The van der Waals surface area contributed by atoms with E-state index in [0.717, 1.165) is 17.1 Å². The van der Waals surface area contributed by atoms with Crippen LogP contribution < -0.4 is 10.1 Å². The Bertz CT molecular complexity index is 684. The van der Waals surface area contributed by atoms with Crippen molar-refractivity contribution >= 4 is 17.3 Å². The Hall–Kier alpha value is -2.60. The molecule has 1 aromatic heterocycles. The number of nitrogens with zero attached hydrogens (tertiary/aromatic N) is 2. The first-order valence-electron chi connectivity index (χ1n) is 7.51. The molecule has 120 valence electrons. The molecule has 6 nitrogen and oxygen atoms in total. The Balaban J connectivity index is 1.78. The quantitative estimate of drug-likeness (QED) is 0.938. The summed E-state index contributed by atoms with van der Waals surface area (Å²) < 4.78 is 10.6. The largest absolute Gasteiger partial charge is 0.495 e. The Kier molecular flexibility index (Phi) is 4.73. The van der Waals surface area contributed by atoms with E-state index in [-0.39, 0.29) is 5.91 Å². The molecule has 1 N–H and O–H groups in total. The minimum atomic E-state index is -0.0722. The SMILES string of the molecule is COc1ccccc1Nc1ccnc(C(=O)N2CCOCC2)c1. The second kappa shape index (κ2) is 7.11. The molecule has 0 aliphatic carbocycles. The fourth-order valence-electron chi connectivity index (χ4n) is 2.46. The van der Waals surface area contributed by atoms with Crippen LogP contribution in [0.15, 0.2) is 42.6 Å². The van der Waals surface area contributed by atoms with Gasteiger partial charge in [-0.1, -0.05) is 12.1 Å². The van der Waals surface area contributed by atoms with Crippen molar-refractivity contribution in [3.05, 3.63) is 48.3 Å². The van der Waals surface area contributed by atoms with E-state index in [1.807, 2.05) is 30.3 Å². The van der Waals surface area contributed by atoms with Gasteiger partial charge in [0.05, 0.1) is 26.0 Å². The lowest BCUT2D eigenvalue weighted by Crippen LogP contribution is -2.41. The summed E-state index contributed by atoms with van der Waals surface area (Å²) in [5.41, 5.74) is 2.05. The van der Waals surface area contributed by atoms with E-state index < -0.39 is 0 Å². The third kappa shape index (κ3) is 3.60. The van der Waals surface area contributed by atoms with Gasteiger partial charge in [0.25, 0.3) is 5.91 Å². The van der Waals surface area contributed by atoms with E-state index in [2.05, 4.69) is 10.3 Å². The number of morpholine rings is 1. The highest BCUT2D eigenvalue weighted by molar-refractivity contribution is 5.93. The summed E-state index contributed by atoms with van der Waals surface area (Å²) in [7, 11) is 1.63. The van der Waals surface area contributed by atoms with E-state index >= 15 is 0 Å². The highest BCUT2D eigenvalue weighted by atomic mass is 16.5. The molecule has 6 heteroatoms. The molecule has 0 spiro atoms. The lowest BCUT2D eigenvalue weighted by atomic mass is 10.2. The summed E-state index contributed by atoms with van der Waals surface area (Å²) in [5, 5.41) is 3.26. The van der Waals surface area contributed by atoms with Crippen molar-refractivity contribution < 1.29 is 14.3 Å². The summed E-state index contributed by atoms with van der Waals surface area (Å²) in [4.78, 5) is 18.4. The number of aromatic nitrogens is 1. The molecular weight excluding hydrogens is 294 g/mol. The lowest BCUT2D eigenvalue weighted by molar-refractivity contribution is 0.0299. The van der Waals surface area contributed by atoms with Crippen molar-refractivity contribution in [1.29, 1.82) is 0 Å². The molecule has 1 aliphatic heterocycles. The minimum Gasteiger partial charge on any atom is -0.495 e. The van der Waals surface area contributed by atoms with Gasteiger partial charge in [-0.15, -0.1) is 0 Å². The number of para-hydroxylation sites is 2. The highest BCUT2D eigenvalue weighted by Crippen LogP contribution is 2.27. The fraction of sp³-hybridized carbons (Fsp3) is 0.294. The Morgan fingerprint density at radius 2 is 2.04 bits per heavy atom. The van der Waals surface area contributed by atoms with E-state index in [4.69, 9.17) is 9.47 Å². The normalized spacial score (nSPS) is 14.4. The zero-order valence-corrected chi connectivity index (χ0v) is 13.0. The number of hydrogen-bond donors (Lipinski definition) is 1. The van der Waals surface area contributed by atoms with Gasteiger partial charge in [-0.25, -0.2) is 0 Å². The number of pyridine rings is 1. The van der Waals surface area contributed by atoms with Crippen molar-refractivity contribution in [3.8, 4) is 5.75 Å². The molecule has 0 bridgehead atoms. The summed E-state index contributed by atoms with van der Waals surface area (Å²) >= 11 is 0. The van der Waals surface area contributed by atoms with Crippen LogP contribution in [0, 0.1) is 0 Å². The molecular formula is C17H19N3O3. The van der Waals surface area contributed by atoms with Crippen molar-refractivity contribution in [2.45, 2.75) is 0 Å². The monoisotopic (exact) mass is 313 g/mol. The number of carbonyl (C=O) groups is 1. The molecule has 23 heavy (non-hydrogen) atoms. The maximum absolute atomic E-state index is 12.5. The van der Waals surface area contributed by atoms with Crippen LogP contribution in [0.1, 0.15) is 10.5 Å². The maximum atomic E-state index is 12.5. The molecule has 0 atom stereocenters. The average Bonchev–Trinajstić information content (AvgIpc) is 2.62. The molecule has 2 aromatic rings. The predicted molar refractivity (Wildman–Crippen MR) is 87.2 cm³/mol. The number of benzene rings is 1. The molecule has 1 amide bonds. The number of anilines is 2. The van der Waals surface area contributed by atoms with Gasteiger partial charge in [-0.2, -0.15) is 0 Å². The Morgan fingerprint density at radius 1 is 1.26 bits per heavy atom. The third-order valence-electron chi connectivity index (χ3n) is 3.66. The van der Waals surface area contributed by atoms with Crippen LogP contribution in [0.5, 0.6) is 5.75 Å². The second-order valence-corrected chi connectivity index (χ2v) is 5.16. The Morgan fingerprint density at radius 3 is 2.83 bits per heavy atom. The summed E-state index contributed by atoms with van der Waals surface area (Å²) in [6.45, 7) is 2.35. The van der Waals surface area contributed by atoms with E-state index in [1.54, 1.807) is 24.3 Å². The number of amides is 1. The Labute approximate surface area is 135 Å². The van der Waals surface area contributed by atoms with Crippen LogP contribution in [0.3, 0.4) is 0 Å². The maximum Gasteiger partial charge on any atom is 0.272 e. The van der Waals surface area contributed by atoms with Crippen LogP contribution in [0.2, 0.25) is 0 Å². The van der Waals surface area contributed by atoms with E-state index in [0.29, 0.717) is 32.0 Å². The molecule has 1 aromatic carbocycles.